The number of fused-ring (bicyclic) bond motifs is 1. The van der Waals surface area contributed by atoms with Crippen molar-refractivity contribution >= 4 is 34.2 Å². The van der Waals surface area contributed by atoms with Crippen LogP contribution < -0.4 is 15.2 Å². The lowest BCUT2D eigenvalue weighted by atomic mass is 9.78. The summed E-state index contributed by atoms with van der Waals surface area (Å²) >= 11 is 0.893. The number of carbonyl (C=O) groups excluding carboxylic acids is 3. The van der Waals surface area contributed by atoms with Crippen molar-refractivity contribution in [2.75, 3.05) is 33.2 Å². The molecule has 10 heteroatoms. The van der Waals surface area contributed by atoms with Crippen LogP contribution in [0.25, 0.3) is 0 Å². The van der Waals surface area contributed by atoms with E-state index in [2.05, 4.69) is 0 Å². The highest BCUT2D eigenvalue weighted by Crippen LogP contribution is 2.45. The van der Waals surface area contributed by atoms with E-state index in [4.69, 9.17) is 29.4 Å². The highest BCUT2D eigenvalue weighted by atomic mass is 32.1. The number of rotatable bonds is 6. The van der Waals surface area contributed by atoms with E-state index < -0.39 is 23.3 Å². The molecule has 0 bridgehead atoms. The molecule has 1 aliphatic carbocycles. The van der Waals surface area contributed by atoms with E-state index >= 15 is 0 Å². The van der Waals surface area contributed by atoms with Crippen LogP contribution in [0.1, 0.15) is 56.8 Å². The number of esters is 3. The van der Waals surface area contributed by atoms with Gasteiger partial charge in [0.25, 0.3) is 0 Å². The highest BCUT2D eigenvalue weighted by Gasteiger charge is 2.45. The van der Waals surface area contributed by atoms with Crippen molar-refractivity contribution in [3.05, 3.63) is 39.8 Å². The third-order valence-corrected chi connectivity index (χ3v) is 7.13. The average molecular weight is 476 g/mol. The van der Waals surface area contributed by atoms with E-state index in [1.165, 1.54) is 14.2 Å². The Morgan fingerprint density at radius 1 is 1.03 bits per heavy atom. The monoisotopic (exact) mass is 475 g/mol. The molecule has 2 aliphatic rings. The molecular formula is C23H25NO8S. The molecule has 1 saturated carbocycles. The Morgan fingerprint density at radius 3 is 2.36 bits per heavy atom. The Hall–Kier alpha value is -3.27. The molecule has 1 aromatic carbocycles. The number of hydrogen-bond acceptors (Lipinski definition) is 10. The maximum Gasteiger partial charge on any atom is 0.348 e. The first-order chi connectivity index (χ1) is 15.9. The molecular weight excluding hydrogens is 450 g/mol. The van der Waals surface area contributed by atoms with Crippen molar-refractivity contribution in [3.63, 3.8) is 0 Å². The lowest BCUT2D eigenvalue weighted by Crippen LogP contribution is -2.35. The standard InChI is InChI=1S/C23H25NO8S/c1-28-20(25)17-14(18(21(26)29-2)33-19(17)24)12-32-22(27)23(7-3-4-8-23)13-5-6-15-16(11-13)31-10-9-30-15/h5-6,11H,3-4,7-10,12,24H2,1-2H3. The van der Waals surface area contributed by atoms with E-state index in [1.54, 1.807) is 0 Å². The molecule has 2 aromatic rings. The number of carbonyl (C=O) groups is 3. The fourth-order valence-electron chi connectivity index (χ4n) is 4.41. The minimum atomic E-state index is -0.853. The quantitative estimate of drug-likeness (QED) is 0.495. The van der Waals surface area contributed by atoms with Gasteiger partial charge in [-0.25, -0.2) is 9.59 Å². The minimum absolute atomic E-state index is 0.00972. The van der Waals surface area contributed by atoms with Gasteiger partial charge in [0.1, 0.15) is 35.3 Å². The summed E-state index contributed by atoms with van der Waals surface area (Å²) in [5.74, 6) is -0.578. The smallest absolute Gasteiger partial charge is 0.348 e. The Kier molecular flexibility index (Phi) is 6.46. The zero-order valence-corrected chi connectivity index (χ0v) is 19.2. The number of ether oxygens (including phenoxy) is 5. The lowest BCUT2D eigenvalue weighted by molar-refractivity contribution is -0.152. The van der Waals surface area contributed by atoms with Gasteiger partial charge in [0.2, 0.25) is 0 Å². The molecule has 1 aliphatic heterocycles. The summed E-state index contributed by atoms with van der Waals surface area (Å²) in [6.07, 6.45) is 2.97. The first kappa shape index (κ1) is 22.9. The normalized spacial score (nSPS) is 16.2. The van der Waals surface area contributed by atoms with E-state index in [0.717, 1.165) is 29.7 Å². The second kappa shape index (κ2) is 9.30. The van der Waals surface area contributed by atoms with Crippen LogP contribution >= 0.6 is 11.3 Å². The fraction of sp³-hybridized carbons (Fsp3) is 0.435. The molecule has 2 heterocycles. The molecule has 0 unspecified atom stereocenters. The second-order valence-corrected chi connectivity index (χ2v) is 8.91. The van der Waals surface area contributed by atoms with Crippen LogP contribution in [-0.4, -0.2) is 45.3 Å². The van der Waals surface area contributed by atoms with Gasteiger partial charge in [-0.2, -0.15) is 0 Å². The number of anilines is 1. The van der Waals surface area contributed by atoms with Gasteiger partial charge in [-0.3, -0.25) is 4.79 Å². The highest BCUT2D eigenvalue weighted by molar-refractivity contribution is 7.18. The van der Waals surface area contributed by atoms with Crippen LogP contribution in [0.15, 0.2) is 18.2 Å². The fourth-order valence-corrected chi connectivity index (χ4v) is 5.39. The maximum absolute atomic E-state index is 13.5. The first-order valence-electron chi connectivity index (χ1n) is 10.6. The van der Waals surface area contributed by atoms with Crippen molar-refractivity contribution < 1.29 is 38.1 Å². The molecule has 0 amide bonds. The molecule has 2 N–H and O–H groups in total. The Labute approximate surface area is 194 Å². The molecule has 9 nitrogen and oxygen atoms in total. The Bertz CT molecular complexity index is 1090. The van der Waals surface area contributed by atoms with Crippen LogP contribution in [0.5, 0.6) is 11.5 Å². The van der Waals surface area contributed by atoms with Gasteiger partial charge >= 0.3 is 17.9 Å². The summed E-state index contributed by atoms with van der Waals surface area (Å²) in [4.78, 5) is 38.1. The van der Waals surface area contributed by atoms with Crippen molar-refractivity contribution in [2.24, 2.45) is 0 Å². The molecule has 1 fully saturated rings. The summed E-state index contributed by atoms with van der Waals surface area (Å²) in [7, 11) is 2.43. The van der Waals surface area contributed by atoms with Crippen molar-refractivity contribution in [2.45, 2.75) is 37.7 Å². The van der Waals surface area contributed by atoms with E-state index in [1.807, 2.05) is 18.2 Å². The van der Waals surface area contributed by atoms with Crippen molar-refractivity contribution in [1.29, 1.82) is 0 Å². The van der Waals surface area contributed by atoms with Crippen LogP contribution in [0.4, 0.5) is 5.00 Å². The van der Waals surface area contributed by atoms with Gasteiger partial charge in [0, 0.05) is 5.56 Å². The molecule has 176 valence electrons. The van der Waals surface area contributed by atoms with Gasteiger partial charge in [0.15, 0.2) is 11.5 Å². The summed E-state index contributed by atoms with van der Waals surface area (Å²) in [5.41, 5.74) is 6.09. The first-order valence-corrected chi connectivity index (χ1v) is 11.4. The van der Waals surface area contributed by atoms with E-state index in [-0.39, 0.29) is 27.6 Å². The van der Waals surface area contributed by atoms with Crippen LogP contribution in [-0.2, 0) is 31.0 Å². The molecule has 1 aromatic heterocycles. The van der Waals surface area contributed by atoms with Gasteiger partial charge in [-0.15, -0.1) is 11.3 Å². The predicted molar refractivity (Wildman–Crippen MR) is 119 cm³/mol. The van der Waals surface area contributed by atoms with Gasteiger partial charge in [-0.05, 0) is 30.5 Å². The predicted octanol–water partition coefficient (Wildman–Crippen LogP) is 3.23. The summed E-state index contributed by atoms with van der Waals surface area (Å²) < 4.78 is 26.6. The number of benzene rings is 1. The molecule has 4 rings (SSSR count). The number of nitrogens with two attached hydrogens (primary N) is 1. The number of methoxy groups -OCH3 is 2. The second-order valence-electron chi connectivity index (χ2n) is 7.86. The Morgan fingerprint density at radius 2 is 1.70 bits per heavy atom. The van der Waals surface area contributed by atoms with Crippen LogP contribution in [0.3, 0.4) is 0 Å². The molecule has 0 atom stereocenters. The maximum atomic E-state index is 13.5. The largest absolute Gasteiger partial charge is 0.486 e. The van der Waals surface area contributed by atoms with Gasteiger partial charge < -0.3 is 29.4 Å². The summed E-state index contributed by atoms with van der Waals surface area (Å²) in [6.45, 7) is 0.613. The van der Waals surface area contributed by atoms with E-state index in [0.29, 0.717) is 37.6 Å². The summed E-state index contributed by atoms with van der Waals surface area (Å²) in [6, 6.07) is 5.51. The average Bonchev–Trinajstić information content (AvgIpc) is 3.47. The zero-order valence-electron chi connectivity index (χ0n) is 18.4. The minimum Gasteiger partial charge on any atom is -0.486 e. The topological polar surface area (TPSA) is 123 Å². The molecule has 0 spiro atoms. The molecule has 33 heavy (non-hydrogen) atoms. The van der Waals surface area contributed by atoms with Crippen LogP contribution in [0.2, 0.25) is 0 Å². The molecule has 0 radical (unpaired) electrons. The zero-order chi connectivity index (χ0) is 23.6. The third kappa shape index (κ3) is 4.10. The third-order valence-electron chi connectivity index (χ3n) is 6.08. The van der Waals surface area contributed by atoms with Crippen molar-refractivity contribution in [1.82, 2.24) is 0 Å². The van der Waals surface area contributed by atoms with Gasteiger partial charge in [0.05, 0.1) is 19.6 Å². The van der Waals surface area contributed by atoms with Crippen molar-refractivity contribution in [3.8, 4) is 11.5 Å². The summed E-state index contributed by atoms with van der Waals surface area (Å²) in [5, 5.41) is 0.0933. The lowest BCUT2D eigenvalue weighted by Gasteiger charge is -2.29. The Balaban J connectivity index is 1.64. The number of nitrogen functional groups attached to an aromatic ring is 1. The van der Waals surface area contributed by atoms with Crippen LogP contribution in [0, 0.1) is 0 Å². The SMILES string of the molecule is COC(=O)c1sc(N)c(C(=O)OC)c1COC(=O)C1(c2ccc3c(c2)OCCO3)CCCC1. The number of hydrogen-bond donors (Lipinski definition) is 1. The van der Waals surface area contributed by atoms with Gasteiger partial charge in [-0.1, -0.05) is 18.9 Å². The molecule has 0 saturated heterocycles. The van der Waals surface area contributed by atoms with E-state index in [9.17, 15) is 14.4 Å². The number of thiophene rings is 1.